The van der Waals surface area contributed by atoms with Crippen molar-refractivity contribution in [3.63, 3.8) is 0 Å². The Balaban J connectivity index is 2.68. The smallest absolute Gasteiger partial charge is 0.150 e. The van der Waals surface area contributed by atoms with Crippen molar-refractivity contribution in [3.8, 4) is 11.1 Å². The molecule has 2 heteroatoms. The average molecular weight is 245 g/mol. The summed E-state index contributed by atoms with van der Waals surface area (Å²) in [6.07, 6.45) is 0.850. The van der Waals surface area contributed by atoms with Crippen LogP contribution in [0.1, 0.15) is 21.5 Å². The molecule has 17 heavy (non-hydrogen) atoms. The molecule has 0 bridgehead atoms. The summed E-state index contributed by atoms with van der Waals surface area (Å²) in [4.78, 5) is 11.1. The summed E-state index contributed by atoms with van der Waals surface area (Å²) in [6, 6.07) is 11.5. The van der Waals surface area contributed by atoms with Crippen LogP contribution in [0.25, 0.3) is 11.1 Å². The molecule has 0 spiro atoms. The van der Waals surface area contributed by atoms with E-state index in [9.17, 15) is 4.79 Å². The first-order valence-electron chi connectivity index (χ1n) is 5.45. The number of rotatable bonds is 2. The van der Waals surface area contributed by atoms with Crippen molar-refractivity contribution in [3.05, 3.63) is 58.1 Å². The fourth-order valence-corrected chi connectivity index (χ4v) is 2.10. The van der Waals surface area contributed by atoms with Crippen LogP contribution in [0, 0.1) is 13.8 Å². The third-order valence-corrected chi connectivity index (χ3v) is 3.27. The van der Waals surface area contributed by atoms with Gasteiger partial charge in [0.05, 0.1) is 0 Å². The van der Waals surface area contributed by atoms with E-state index >= 15 is 0 Å². The Labute approximate surface area is 106 Å². The molecule has 0 saturated heterocycles. The van der Waals surface area contributed by atoms with Crippen LogP contribution < -0.4 is 0 Å². The van der Waals surface area contributed by atoms with Crippen molar-refractivity contribution in [1.29, 1.82) is 0 Å². The maximum atomic E-state index is 11.1. The van der Waals surface area contributed by atoms with Crippen LogP contribution in [0.3, 0.4) is 0 Å². The van der Waals surface area contributed by atoms with E-state index < -0.39 is 0 Å². The molecule has 86 valence electrons. The molecular weight excluding hydrogens is 232 g/mol. The van der Waals surface area contributed by atoms with Crippen LogP contribution in [0.4, 0.5) is 0 Å². The van der Waals surface area contributed by atoms with Crippen LogP contribution in [0.15, 0.2) is 36.4 Å². The van der Waals surface area contributed by atoms with Gasteiger partial charge in [-0.15, -0.1) is 0 Å². The topological polar surface area (TPSA) is 17.1 Å². The lowest BCUT2D eigenvalue weighted by molar-refractivity contribution is 0.112. The van der Waals surface area contributed by atoms with Gasteiger partial charge in [-0.25, -0.2) is 0 Å². The Morgan fingerprint density at radius 2 is 1.82 bits per heavy atom. The molecule has 0 aliphatic rings. The van der Waals surface area contributed by atoms with Gasteiger partial charge in [0.15, 0.2) is 6.29 Å². The molecule has 0 amide bonds. The summed E-state index contributed by atoms with van der Waals surface area (Å²) < 4.78 is 0. The second kappa shape index (κ2) is 4.72. The summed E-state index contributed by atoms with van der Waals surface area (Å²) in [5.74, 6) is 0. The van der Waals surface area contributed by atoms with Gasteiger partial charge in [-0.2, -0.15) is 0 Å². The van der Waals surface area contributed by atoms with Gasteiger partial charge in [0.2, 0.25) is 0 Å². The maximum Gasteiger partial charge on any atom is 0.150 e. The van der Waals surface area contributed by atoms with E-state index in [1.165, 1.54) is 11.1 Å². The Bertz CT molecular complexity index is 573. The zero-order chi connectivity index (χ0) is 12.4. The van der Waals surface area contributed by atoms with Gasteiger partial charge in [0.25, 0.3) is 0 Å². The normalized spacial score (nSPS) is 10.3. The van der Waals surface area contributed by atoms with E-state index in [0.29, 0.717) is 10.6 Å². The van der Waals surface area contributed by atoms with Crippen LogP contribution in [0.2, 0.25) is 5.02 Å². The highest BCUT2D eigenvalue weighted by molar-refractivity contribution is 6.31. The van der Waals surface area contributed by atoms with Gasteiger partial charge in [-0.05, 0) is 48.2 Å². The Morgan fingerprint density at radius 3 is 2.53 bits per heavy atom. The summed E-state index contributed by atoms with van der Waals surface area (Å²) in [5, 5.41) is 0.584. The third kappa shape index (κ3) is 2.25. The maximum absolute atomic E-state index is 11.1. The number of hydrogen-bond donors (Lipinski definition) is 0. The summed E-state index contributed by atoms with van der Waals surface area (Å²) >= 11 is 5.90. The molecule has 0 unspecified atom stereocenters. The molecule has 2 rings (SSSR count). The second-order valence-electron chi connectivity index (χ2n) is 4.10. The van der Waals surface area contributed by atoms with Gasteiger partial charge in [0.1, 0.15) is 0 Å². The van der Waals surface area contributed by atoms with E-state index in [4.69, 9.17) is 11.6 Å². The Hall–Kier alpha value is -1.60. The summed E-state index contributed by atoms with van der Waals surface area (Å²) in [6.45, 7) is 4.13. The zero-order valence-corrected chi connectivity index (χ0v) is 10.6. The summed E-state index contributed by atoms with van der Waals surface area (Å²) in [5.41, 5.74) is 5.06. The highest BCUT2D eigenvalue weighted by Crippen LogP contribution is 2.29. The SMILES string of the molecule is Cc1cccc(-c2ccc(Cl)cc2C=O)c1C. The van der Waals surface area contributed by atoms with Gasteiger partial charge in [-0.1, -0.05) is 35.9 Å². The fraction of sp³-hybridized carbons (Fsp3) is 0.133. The minimum absolute atomic E-state index is 0.584. The quantitative estimate of drug-likeness (QED) is 0.714. The van der Waals surface area contributed by atoms with Crippen molar-refractivity contribution in [2.24, 2.45) is 0 Å². The molecule has 2 aromatic rings. The van der Waals surface area contributed by atoms with E-state index in [2.05, 4.69) is 19.9 Å². The fourth-order valence-electron chi connectivity index (χ4n) is 1.92. The van der Waals surface area contributed by atoms with Crippen molar-refractivity contribution in [1.82, 2.24) is 0 Å². The first-order chi connectivity index (χ1) is 8.13. The third-order valence-electron chi connectivity index (χ3n) is 3.04. The molecule has 1 nitrogen and oxygen atoms in total. The second-order valence-corrected chi connectivity index (χ2v) is 4.53. The predicted molar refractivity (Wildman–Crippen MR) is 71.7 cm³/mol. The molecule has 2 aromatic carbocycles. The monoisotopic (exact) mass is 244 g/mol. The van der Waals surface area contributed by atoms with E-state index in [-0.39, 0.29) is 0 Å². The van der Waals surface area contributed by atoms with Crippen LogP contribution in [-0.2, 0) is 0 Å². The predicted octanol–water partition coefficient (Wildman–Crippen LogP) is 4.44. The van der Waals surface area contributed by atoms with E-state index in [1.807, 2.05) is 24.3 Å². The number of benzene rings is 2. The van der Waals surface area contributed by atoms with E-state index in [0.717, 1.165) is 17.4 Å². The molecule has 0 atom stereocenters. The lowest BCUT2D eigenvalue weighted by atomic mass is 9.94. The van der Waals surface area contributed by atoms with Gasteiger partial charge < -0.3 is 0 Å². The highest BCUT2D eigenvalue weighted by atomic mass is 35.5. The number of carbonyl (C=O) groups is 1. The minimum atomic E-state index is 0.584. The standard InChI is InChI=1S/C15H13ClO/c1-10-4-3-5-14(11(10)2)15-7-6-13(16)8-12(15)9-17/h3-9H,1-2H3. The molecular formula is C15H13ClO. The number of halogens is 1. The van der Waals surface area contributed by atoms with Crippen LogP contribution in [-0.4, -0.2) is 6.29 Å². The van der Waals surface area contributed by atoms with E-state index in [1.54, 1.807) is 6.07 Å². The Kier molecular flexibility index (Phi) is 3.30. The van der Waals surface area contributed by atoms with Crippen molar-refractivity contribution in [2.45, 2.75) is 13.8 Å². The summed E-state index contributed by atoms with van der Waals surface area (Å²) in [7, 11) is 0. The minimum Gasteiger partial charge on any atom is -0.298 e. The van der Waals surface area contributed by atoms with Gasteiger partial charge in [-0.3, -0.25) is 4.79 Å². The molecule has 0 aliphatic heterocycles. The highest BCUT2D eigenvalue weighted by Gasteiger charge is 2.08. The first kappa shape index (κ1) is 11.9. The molecule has 0 N–H and O–H groups in total. The first-order valence-corrected chi connectivity index (χ1v) is 5.82. The molecule has 0 saturated carbocycles. The Morgan fingerprint density at radius 1 is 1.06 bits per heavy atom. The lowest BCUT2D eigenvalue weighted by Crippen LogP contribution is -1.92. The van der Waals surface area contributed by atoms with Gasteiger partial charge in [0, 0.05) is 10.6 Å². The number of aldehydes is 1. The number of hydrogen-bond acceptors (Lipinski definition) is 1. The van der Waals surface area contributed by atoms with Gasteiger partial charge >= 0.3 is 0 Å². The number of carbonyl (C=O) groups excluding carboxylic acids is 1. The lowest BCUT2D eigenvalue weighted by Gasteiger charge is -2.11. The largest absolute Gasteiger partial charge is 0.298 e. The molecule has 0 radical (unpaired) electrons. The average Bonchev–Trinajstić information content (AvgIpc) is 2.33. The van der Waals surface area contributed by atoms with Crippen molar-refractivity contribution in [2.75, 3.05) is 0 Å². The molecule has 0 aromatic heterocycles. The van der Waals surface area contributed by atoms with Crippen LogP contribution >= 0.6 is 11.6 Å². The van der Waals surface area contributed by atoms with Crippen molar-refractivity contribution < 1.29 is 4.79 Å². The zero-order valence-electron chi connectivity index (χ0n) is 9.83. The molecule has 0 heterocycles. The molecule has 0 aliphatic carbocycles. The van der Waals surface area contributed by atoms with Crippen LogP contribution in [0.5, 0.6) is 0 Å². The number of aryl methyl sites for hydroxylation is 1. The molecule has 0 fully saturated rings. The van der Waals surface area contributed by atoms with Crippen molar-refractivity contribution >= 4 is 17.9 Å².